The number of hydrogen-bond donors (Lipinski definition) is 1. The molecule has 20 heavy (non-hydrogen) atoms. The first-order valence-electron chi connectivity index (χ1n) is 6.87. The van der Waals surface area contributed by atoms with Crippen LogP contribution in [0, 0.1) is 11.7 Å². The van der Waals surface area contributed by atoms with E-state index in [2.05, 4.69) is 39.0 Å². The maximum atomic E-state index is 5.55. The lowest BCUT2D eigenvalue weighted by Gasteiger charge is -2.24. The van der Waals surface area contributed by atoms with Crippen molar-refractivity contribution in [2.75, 3.05) is 0 Å². The summed E-state index contributed by atoms with van der Waals surface area (Å²) in [5.74, 6) is 0. The number of aromatic amines is 1. The summed E-state index contributed by atoms with van der Waals surface area (Å²) in [5.41, 5.74) is 4.60. The smallest absolute Gasteiger partial charge is 0.179 e. The number of aryl methyl sites for hydroxylation is 2. The Bertz CT molecular complexity index is 840. The van der Waals surface area contributed by atoms with Gasteiger partial charge in [-0.25, -0.2) is 4.98 Å². The van der Waals surface area contributed by atoms with Crippen LogP contribution in [0.4, 0.5) is 0 Å². The number of aromatic nitrogens is 3. The summed E-state index contributed by atoms with van der Waals surface area (Å²) in [6.45, 7) is 2.05. The second-order valence-electron chi connectivity index (χ2n) is 5.39. The Balaban J connectivity index is 1.96. The maximum Gasteiger partial charge on any atom is 0.179 e. The molecule has 0 aromatic carbocycles. The Hall–Kier alpha value is -1.46. The van der Waals surface area contributed by atoms with Crippen molar-refractivity contribution in [2.45, 2.75) is 32.2 Å². The van der Waals surface area contributed by atoms with Crippen molar-refractivity contribution < 1.29 is 0 Å². The van der Waals surface area contributed by atoms with E-state index in [0.717, 1.165) is 27.9 Å². The molecule has 1 aliphatic rings. The van der Waals surface area contributed by atoms with Crippen molar-refractivity contribution in [2.24, 2.45) is 0 Å². The van der Waals surface area contributed by atoms with E-state index in [1.54, 1.807) is 0 Å². The van der Waals surface area contributed by atoms with E-state index < -0.39 is 0 Å². The topological polar surface area (TPSA) is 33.6 Å². The van der Waals surface area contributed by atoms with Crippen molar-refractivity contribution in [1.82, 2.24) is 14.5 Å². The highest BCUT2D eigenvalue weighted by atomic mass is 32.1. The van der Waals surface area contributed by atoms with Crippen LogP contribution in [0.15, 0.2) is 23.7 Å². The molecule has 0 saturated heterocycles. The predicted octanol–water partition coefficient (Wildman–Crippen LogP) is 4.39. The van der Waals surface area contributed by atoms with Gasteiger partial charge in [0.2, 0.25) is 0 Å². The van der Waals surface area contributed by atoms with Crippen LogP contribution in [-0.4, -0.2) is 14.5 Å². The summed E-state index contributed by atoms with van der Waals surface area (Å²) in [5, 5.41) is 2.19. The van der Waals surface area contributed by atoms with Gasteiger partial charge >= 0.3 is 0 Å². The van der Waals surface area contributed by atoms with Crippen LogP contribution in [-0.2, 0) is 6.42 Å². The van der Waals surface area contributed by atoms with Crippen LogP contribution in [0.25, 0.3) is 11.2 Å². The number of nitrogens with one attached hydrogen (secondary N) is 1. The number of imidazole rings is 1. The zero-order chi connectivity index (χ0) is 13.7. The second-order valence-corrected chi connectivity index (χ2v) is 6.78. The Labute approximate surface area is 126 Å². The van der Waals surface area contributed by atoms with Crippen molar-refractivity contribution in [3.63, 3.8) is 0 Å². The summed E-state index contributed by atoms with van der Waals surface area (Å²) >= 11 is 7.41. The Kier molecular flexibility index (Phi) is 2.79. The quantitative estimate of drug-likeness (QED) is 0.676. The Morgan fingerprint density at radius 3 is 3.30 bits per heavy atom. The number of pyridine rings is 1. The van der Waals surface area contributed by atoms with Crippen molar-refractivity contribution in [1.29, 1.82) is 0 Å². The van der Waals surface area contributed by atoms with E-state index in [0.29, 0.717) is 6.04 Å². The Morgan fingerprint density at radius 1 is 1.50 bits per heavy atom. The highest BCUT2D eigenvalue weighted by Gasteiger charge is 2.25. The molecule has 0 fully saturated rings. The average molecular weight is 301 g/mol. The number of H-pyrrole nitrogens is 1. The lowest BCUT2D eigenvalue weighted by molar-refractivity contribution is 0.498. The van der Waals surface area contributed by atoms with Crippen molar-refractivity contribution in [3.05, 3.63) is 44.5 Å². The highest BCUT2D eigenvalue weighted by molar-refractivity contribution is 7.71. The zero-order valence-corrected chi connectivity index (χ0v) is 12.9. The van der Waals surface area contributed by atoms with Gasteiger partial charge in [0.15, 0.2) is 10.4 Å². The van der Waals surface area contributed by atoms with E-state index in [1.165, 1.54) is 23.3 Å². The van der Waals surface area contributed by atoms with Gasteiger partial charge < -0.3 is 4.98 Å². The third-order valence-electron chi connectivity index (χ3n) is 4.02. The molecule has 1 unspecified atom stereocenters. The van der Waals surface area contributed by atoms with E-state index in [-0.39, 0.29) is 0 Å². The SMILES string of the molecule is Cc1cnc2c(c1)[nH]c(=S)n2C1CCCc2sccc21. The first-order valence-corrected chi connectivity index (χ1v) is 8.16. The van der Waals surface area contributed by atoms with Gasteiger partial charge in [0, 0.05) is 11.1 Å². The summed E-state index contributed by atoms with van der Waals surface area (Å²) in [6.07, 6.45) is 5.48. The molecule has 3 aromatic heterocycles. The van der Waals surface area contributed by atoms with Gasteiger partial charge in [-0.3, -0.25) is 4.57 Å². The second kappa shape index (κ2) is 4.53. The minimum Gasteiger partial charge on any atom is -0.329 e. The fraction of sp³-hybridized carbons (Fsp3) is 0.333. The minimum atomic E-state index is 0.335. The van der Waals surface area contributed by atoms with Crippen LogP contribution in [0.1, 0.15) is 34.9 Å². The van der Waals surface area contributed by atoms with Gasteiger partial charge in [0.25, 0.3) is 0 Å². The molecule has 0 amide bonds. The van der Waals surface area contributed by atoms with Gasteiger partial charge in [0.1, 0.15) is 0 Å². The number of thiophene rings is 1. The number of hydrogen-bond acceptors (Lipinski definition) is 3. The fourth-order valence-electron chi connectivity index (χ4n) is 3.14. The molecule has 3 aromatic rings. The third-order valence-corrected chi connectivity index (χ3v) is 5.32. The van der Waals surface area contributed by atoms with Gasteiger partial charge in [-0.15, -0.1) is 11.3 Å². The number of rotatable bonds is 1. The number of nitrogens with zero attached hydrogens (tertiary/aromatic N) is 2. The molecule has 3 heterocycles. The van der Waals surface area contributed by atoms with E-state index in [1.807, 2.05) is 17.5 Å². The average Bonchev–Trinajstić information content (AvgIpc) is 3.01. The largest absolute Gasteiger partial charge is 0.329 e. The standard InChI is InChI=1S/C15H15N3S2/c1-9-7-11-14(16-8-9)18(15(19)17-11)12-3-2-4-13-10(12)5-6-20-13/h5-8,12H,2-4H2,1H3,(H,17,19). The van der Waals surface area contributed by atoms with Gasteiger partial charge in [-0.05, 0) is 67.0 Å². The van der Waals surface area contributed by atoms with Gasteiger partial charge in [0.05, 0.1) is 11.6 Å². The molecule has 0 aliphatic heterocycles. The van der Waals surface area contributed by atoms with E-state index in [9.17, 15) is 0 Å². The zero-order valence-electron chi connectivity index (χ0n) is 11.2. The summed E-state index contributed by atoms with van der Waals surface area (Å²) < 4.78 is 2.98. The minimum absolute atomic E-state index is 0.335. The molecular formula is C15H15N3S2. The van der Waals surface area contributed by atoms with E-state index in [4.69, 9.17) is 12.2 Å². The first kappa shape index (κ1) is 12.3. The molecule has 0 bridgehead atoms. The predicted molar refractivity (Wildman–Crippen MR) is 85.1 cm³/mol. The molecule has 5 heteroatoms. The molecule has 0 saturated carbocycles. The molecule has 0 spiro atoms. The van der Waals surface area contributed by atoms with Crippen LogP contribution in [0.2, 0.25) is 0 Å². The summed E-state index contributed by atoms with van der Waals surface area (Å²) in [6, 6.07) is 4.70. The van der Waals surface area contributed by atoms with Crippen LogP contribution >= 0.6 is 23.6 Å². The van der Waals surface area contributed by atoms with Crippen molar-refractivity contribution in [3.8, 4) is 0 Å². The monoisotopic (exact) mass is 301 g/mol. The molecule has 1 aliphatic carbocycles. The normalized spacial score (nSPS) is 18.4. The maximum absolute atomic E-state index is 5.55. The van der Waals surface area contributed by atoms with E-state index >= 15 is 0 Å². The lowest BCUT2D eigenvalue weighted by atomic mass is 9.94. The van der Waals surface area contributed by atoms with Crippen LogP contribution < -0.4 is 0 Å². The fourth-order valence-corrected chi connectivity index (χ4v) is 4.44. The first-order chi connectivity index (χ1) is 9.74. The summed E-state index contributed by atoms with van der Waals surface area (Å²) in [4.78, 5) is 9.41. The molecule has 4 rings (SSSR count). The number of fused-ring (bicyclic) bond motifs is 2. The molecule has 102 valence electrons. The molecular weight excluding hydrogens is 286 g/mol. The van der Waals surface area contributed by atoms with Gasteiger partial charge in [-0.2, -0.15) is 0 Å². The summed E-state index contributed by atoms with van der Waals surface area (Å²) in [7, 11) is 0. The molecule has 0 radical (unpaired) electrons. The molecule has 3 nitrogen and oxygen atoms in total. The Morgan fingerprint density at radius 2 is 2.40 bits per heavy atom. The highest BCUT2D eigenvalue weighted by Crippen LogP contribution is 2.37. The van der Waals surface area contributed by atoms with Crippen molar-refractivity contribution >= 4 is 34.7 Å². The van der Waals surface area contributed by atoms with Crippen LogP contribution in [0.5, 0.6) is 0 Å². The third kappa shape index (κ3) is 1.77. The molecule has 1 atom stereocenters. The molecule has 1 N–H and O–H groups in total. The van der Waals surface area contributed by atoms with Crippen LogP contribution in [0.3, 0.4) is 0 Å². The van der Waals surface area contributed by atoms with Gasteiger partial charge in [-0.1, -0.05) is 0 Å². The lowest BCUT2D eigenvalue weighted by Crippen LogP contribution is -2.16.